The quantitative estimate of drug-likeness (QED) is 0.438. The van der Waals surface area contributed by atoms with Crippen molar-refractivity contribution >= 4 is 5.91 Å². The molecule has 0 aliphatic rings. The van der Waals surface area contributed by atoms with Crippen LogP contribution in [-0.4, -0.2) is 36.9 Å². The standard InChI is InChI=1S/C9H17NO3/c1-3-9(12)10-5-4-6-13-7-8(2)11/h3,8,11H,1,4-7H2,2H3,(H,10,12). The summed E-state index contributed by atoms with van der Waals surface area (Å²) in [6.07, 6.45) is 1.55. The maximum Gasteiger partial charge on any atom is 0.243 e. The van der Waals surface area contributed by atoms with Gasteiger partial charge in [0.15, 0.2) is 0 Å². The van der Waals surface area contributed by atoms with Crippen molar-refractivity contribution < 1.29 is 14.6 Å². The monoisotopic (exact) mass is 187 g/mol. The number of nitrogens with one attached hydrogen (secondary N) is 1. The van der Waals surface area contributed by atoms with E-state index in [0.717, 1.165) is 6.42 Å². The molecule has 4 heteroatoms. The minimum absolute atomic E-state index is 0.171. The molecule has 0 radical (unpaired) electrons. The molecule has 0 bridgehead atoms. The first-order valence-corrected chi connectivity index (χ1v) is 4.33. The normalized spacial score (nSPS) is 12.2. The van der Waals surface area contributed by atoms with Crippen LogP contribution in [0.25, 0.3) is 0 Å². The van der Waals surface area contributed by atoms with Crippen molar-refractivity contribution in [1.29, 1.82) is 0 Å². The second-order valence-electron chi connectivity index (χ2n) is 2.77. The minimum Gasteiger partial charge on any atom is -0.391 e. The predicted molar refractivity (Wildman–Crippen MR) is 50.3 cm³/mol. The Balaban J connectivity index is 3.08. The van der Waals surface area contributed by atoms with Gasteiger partial charge in [-0.05, 0) is 19.4 Å². The van der Waals surface area contributed by atoms with E-state index in [1.807, 2.05) is 0 Å². The average molecular weight is 187 g/mol. The SMILES string of the molecule is C=CC(=O)NCCCOCC(C)O. The Labute approximate surface area is 78.6 Å². The summed E-state index contributed by atoms with van der Waals surface area (Å²) in [5, 5.41) is 11.4. The first-order valence-electron chi connectivity index (χ1n) is 4.33. The highest BCUT2D eigenvalue weighted by Gasteiger charge is 1.95. The summed E-state index contributed by atoms with van der Waals surface area (Å²) in [5.41, 5.74) is 0. The second-order valence-corrected chi connectivity index (χ2v) is 2.77. The molecule has 0 saturated heterocycles. The fourth-order valence-electron chi connectivity index (χ4n) is 0.712. The number of carbonyl (C=O) groups excluding carboxylic acids is 1. The van der Waals surface area contributed by atoms with Crippen LogP contribution >= 0.6 is 0 Å². The third-order valence-corrected chi connectivity index (χ3v) is 1.31. The van der Waals surface area contributed by atoms with Crippen molar-refractivity contribution in [2.24, 2.45) is 0 Å². The van der Waals surface area contributed by atoms with Gasteiger partial charge in [-0.25, -0.2) is 0 Å². The van der Waals surface area contributed by atoms with Crippen LogP contribution < -0.4 is 5.32 Å². The number of aliphatic hydroxyl groups is 1. The Hall–Kier alpha value is -0.870. The maximum absolute atomic E-state index is 10.6. The van der Waals surface area contributed by atoms with Crippen molar-refractivity contribution in [3.63, 3.8) is 0 Å². The lowest BCUT2D eigenvalue weighted by Gasteiger charge is -2.06. The molecule has 1 atom stereocenters. The molecule has 0 saturated carbocycles. The number of ether oxygens (including phenoxy) is 1. The molecule has 0 fully saturated rings. The molecular formula is C9H17NO3. The smallest absolute Gasteiger partial charge is 0.243 e. The van der Waals surface area contributed by atoms with E-state index in [1.165, 1.54) is 6.08 Å². The van der Waals surface area contributed by atoms with Gasteiger partial charge in [-0.3, -0.25) is 4.79 Å². The van der Waals surface area contributed by atoms with Crippen molar-refractivity contribution in [1.82, 2.24) is 5.32 Å². The molecule has 0 rings (SSSR count). The van der Waals surface area contributed by atoms with Crippen LogP contribution in [-0.2, 0) is 9.53 Å². The summed E-state index contributed by atoms with van der Waals surface area (Å²) in [7, 11) is 0. The fraction of sp³-hybridized carbons (Fsp3) is 0.667. The zero-order chi connectivity index (χ0) is 10.1. The van der Waals surface area contributed by atoms with Gasteiger partial charge in [0.05, 0.1) is 12.7 Å². The largest absolute Gasteiger partial charge is 0.391 e. The Bertz CT molecular complexity index is 157. The van der Waals surface area contributed by atoms with E-state index in [4.69, 9.17) is 9.84 Å². The van der Waals surface area contributed by atoms with Crippen LogP contribution in [0.2, 0.25) is 0 Å². The van der Waals surface area contributed by atoms with E-state index in [2.05, 4.69) is 11.9 Å². The summed E-state index contributed by atoms with van der Waals surface area (Å²) in [6, 6.07) is 0. The van der Waals surface area contributed by atoms with Gasteiger partial charge < -0.3 is 15.2 Å². The van der Waals surface area contributed by atoms with E-state index < -0.39 is 6.10 Å². The Morgan fingerprint density at radius 2 is 2.46 bits per heavy atom. The van der Waals surface area contributed by atoms with Crippen LogP contribution in [0, 0.1) is 0 Å². The first-order chi connectivity index (χ1) is 6.16. The van der Waals surface area contributed by atoms with Crippen molar-refractivity contribution in [2.75, 3.05) is 19.8 Å². The molecule has 0 aromatic heterocycles. The summed E-state index contributed by atoms with van der Waals surface area (Å²) < 4.78 is 5.08. The predicted octanol–water partition coefficient (Wildman–Crippen LogP) is 0.0761. The van der Waals surface area contributed by atoms with Crippen LogP contribution in [0.4, 0.5) is 0 Å². The fourth-order valence-corrected chi connectivity index (χ4v) is 0.712. The third-order valence-electron chi connectivity index (χ3n) is 1.31. The molecule has 4 nitrogen and oxygen atoms in total. The van der Waals surface area contributed by atoms with Gasteiger partial charge in [-0.1, -0.05) is 6.58 Å². The first kappa shape index (κ1) is 12.1. The number of hydrogen-bond donors (Lipinski definition) is 2. The highest BCUT2D eigenvalue weighted by molar-refractivity contribution is 5.86. The second kappa shape index (κ2) is 7.76. The zero-order valence-corrected chi connectivity index (χ0v) is 7.95. The molecule has 0 aliphatic heterocycles. The van der Waals surface area contributed by atoms with Crippen LogP contribution in [0.15, 0.2) is 12.7 Å². The molecule has 1 amide bonds. The summed E-state index contributed by atoms with van der Waals surface area (Å²) in [4.78, 5) is 10.6. The van der Waals surface area contributed by atoms with Gasteiger partial charge in [0.1, 0.15) is 0 Å². The summed E-state index contributed by atoms with van der Waals surface area (Å²) in [6.45, 7) is 6.45. The molecule has 0 aromatic rings. The van der Waals surface area contributed by atoms with Gasteiger partial charge in [0.25, 0.3) is 0 Å². The Morgan fingerprint density at radius 1 is 1.77 bits per heavy atom. The number of carbonyl (C=O) groups is 1. The molecule has 1 unspecified atom stereocenters. The van der Waals surface area contributed by atoms with Crippen molar-refractivity contribution in [2.45, 2.75) is 19.4 Å². The van der Waals surface area contributed by atoms with Crippen LogP contribution in [0.5, 0.6) is 0 Å². The lowest BCUT2D eigenvalue weighted by atomic mass is 10.4. The molecule has 0 heterocycles. The molecule has 13 heavy (non-hydrogen) atoms. The average Bonchev–Trinajstić information content (AvgIpc) is 2.10. The van der Waals surface area contributed by atoms with E-state index in [9.17, 15) is 4.79 Å². The van der Waals surface area contributed by atoms with Crippen LogP contribution in [0.3, 0.4) is 0 Å². The number of rotatable bonds is 7. The van der Waals surface area contributed by atoms with Gasteiger partial charge in [-0.2, -0.15) is 0 Å². The van der Waals surface area contributed by atoms with E-state index >= 15 is 0 Å². The summed E-state index contributed by atoms with van der Waals surface area (Å²) in [5.74, 6) is -0.171. The topological polar surface area (TPSA) is 58.6 Å². The van der Waals surface area contributed by atoms with Crippen molar-refractivity contribution in [3.05, 3.63) is 12.7 Å². The van der Waals surface area contributed by atoms with Gasteiger partial charge in [0.2, 0.25) is 5.91 Å². The number of hydrogen-bond acceptors (Lipinski definition) is 3. The lowest BCUT2D eigenvalue weighted by Crippen LogP contribution is -2.23. The number of amides is 1. The highest BCUT2D eigenvalue weighted by atomic mass is 16.5. The van der Waals surface area contributed by atoms with E-state index in [0.29, 0.717) is 19.8 Å². The van der Waals surface area contributed by atoms with E-state index in [1.54, 1.807) is 6.92 Å². The minimum atomic E-state index is -0.428. The highest BCUT2D eigenvalue weighted by Crippen LogP contribution is 1.85. The van der Waals surface area contributed by atoms with E-state index in [-0.39, 0.29) is 5.91 Å². The third kappa shape index (κ3) is 9.04. The maximum atomic E-state index is 10.6. The Morgan fingerprint density at radius 3 is 3.00 bits per heavy atom. The number of aliphatic hydroxyl groups excluding tert-OH is 1. The van der Waals surface area contributed by atoms with Gasteiger partial charge in [-0.15, -0.1) is 0 Å². The molecule has 2 N–H and O–H groups in total. The summed E-state index contributed by atoms with van der Waals surface area (Å²) >= 11 is 0. The molecule has 0 aromatic carbocycles. The van der Waals surface area contributed by atoms with Gasteiger partial charge in [0, 0.05) is 13.2 Å². The molecule has 76 valence electrons. The van der Waals surface area contributed by atoms with Crippen molar-refractivity contribution in [3.8, 4) is 0 Å². The molecule has 0 aliphatic carbocycles. The Kier molecular flexibility index (Phi) is 7.24. The zero-order valence-electron chi connectivity index (χ0n) is 7.95. The lowest BCUT2D eigenvalue weighted by molar-refractivity contribution is -0.116. The molecule has 0 spiro atoms. The molecular weight excluding hydrogens is 170 g/mol. The van der Waals surface area contributed by atoms with Gasteiger partial charge >= 0.3 is 0 Å². The van der Waals surface area contributed by atoms with Crippen LogP contribution in [0.1, 0.15) is 13.3 Å².